The van der Waals surface area contributed by atoms with Gasteiger partial charge in [-0.2, -0.15) is 0 Å². The van der Waals surface area contributed by atoms with Crippen LogP contribution in [-0.2, 0) is 9.53 Å². The van der Waals surface area contributed by atoms with Crippen LogP contribution in [0.2, 0.25) is 0 Å². The summed E-state index contributed by atoms with van der Waals surface area (Å²) in [4.78, 5) is 30.5. The van der Waals surface area contributed by atoms with Crippen LogP contribution in [-0.4, -0.2) is 41.0 Å². The zero-order valence-corrected chi connectivity index (χ0v) is 15.9. The predicted molar refractivity (Wildman–Crippen MR) is 93.5 cm³/mol. The van der Waals surface area contributed by atoms with Gasteiger partial charge in [0.1, 0.15) is 0 Å². The normalized spacial score (nSPS) is 27.8. The number of fused-ring (bicyclic) bond motifs is 2. The van der Waals surface area contributed by atoms with Crippen molar-refractivity contribution in [2.75, 3.05) is 13.2 Å². The highest BCUT2D eigenvalue weighted by Crippen LogP contribution is 2.52. The summed E-state index contributed by atoms with van der Waals surface area (Å²) >= 11 is 3.27. The van der Waals surface area contributed by atoms with Crippen molar-refractivity contribution in [3.8, 4) is 0 Å². The van der Waals surface area contributed by atoms with E-state index >= 15 is 0 Å². The van der Waals surface area contributed by atoms with Gasteiger partial charge in [0.25, 0.3) is 5.91 Å². The van der Waals surface area contributed by atoms with E-state index in [4.69, 9.17) is 4.74 Å². The van der Waals surface area contributed by atoms with Crippen LogP contribution in [0, 0.1) is 10.8 Å². The first-order valence-electron chi connectivity index (χ1n) is 8.25. The Morgan fingerprint density at radius 1 is 1.33 bits per heavy atom. The first-order valence-corrected chi connectivity index (χ1v) is 9.04. The molecule has 3 rings (SSSR count). The molecular formula is C18H23BrN2O3. The van der Waals surface area contributed by atoms with Gasteiger partial charge in [-0.05, 0) is 52.1 Å². The fourth-order valence-electron chi connectivity index (χ4n) is 4.57. The molecule has 2 fully saturated rings. The average molecular weight is 395 g/mol. The Hall–Kier alpha value is -1.43. The molecule has 0 aromatic carbocycles. The Balaban J connectivity index is 1.61. The highest BCUT2D eigenvalue weighted by Gasteiger charge is 2.50. The summed E-state index contributed by atoms with van der Waals surface area (Å²) in [6.45, 7) is 7.35. The lowest BCUT2D eigenvalue weighted by molar-refractivity contribution is -0.135. The molecule has 0 N–H and O–H groups in total. The van der Waals surface area contributed by atoms with Gasteiger partial charge in [0.2, 0.25) is 0 Å². The van der Waals surface area contributed by atoms with Crippen LogP contribution in [0.4, 0.5) is 0 Å². The monoisotopic (exact) mass is 394 g/mol. The molecule has 6 heteroatoms. The second-order valence-electron chi connectivity index (χ2n) is 8.20. The van der Waals surface area contributed by atoms with Crippen LogP contribution < -0.4 is 0 Å². The summed E-state index contributed by atoms with van der Waals surface area (Å²) < 4.78 is 5.90. The van der Waals surface area contributed by atoms with Gasteiger partial charge in [-0.25, -0.2) is 4.79 Å². The number of pyridine rings is 1. The van der Waals surface area contributed by atoms with E-state index in [0.29, 0.717) is 10.0 Å². The summed E-state index contributed by atoms with van der Waals surface area (Å²) in [5.41, 5.74) is 0.775. The van der Waals surface area contributed by atoms with E-state index < -0.39 is 5.97 Å². The summed E-state index contributed by atoms with van der Waals surface area (Å²) in [5.74, 6) is -0.622. The molecule has 0 spiro atoms. The van der Waals surface area contributed by atoms with Crippen molar-refractivity contribution in [1.29, 1.82) is 0 Å². The standard InChI is InChI=1S/C18H23BrN2O3/c1-17(2)5-14-6-18(3,10-17)11-21(14)15(22)9-24-16(23)12-4-13(19)8-20-7-12/h4,7-8,14H,5-6,9-11H2,1-3H3/t14-,18+/m0/s1. The maximum Gasteiger partial charge on any atom is 0.340 e. The molecular weight excluding hydrogens is 372 g/mol. The van der Waals surface area contributed by atoms with Crippen molar-refractivity contribution < 1.29 is 14.3 Å². The van der Waals surface area contributed by atoms with Crippen LogP contribution >= 0.6 is 15.9 Å². The molecule has 2 atom stereocenters. The summed E-state index contributed by atoms with van der Waals surface area (Å²) in [6, 6.07) is 1.89. The Morgan fingerprint density at radius 3 is 2.79 bits per heavy atom. The van der Waals surface area contributed by atoms with E-state index in [1.54, 1.807) is 12.3 Å². The molecule has 130 valence electrons. The number of nitrogens with zero attached hydrogens (tertiary/aromatic N) is 2. The SMILES string of the molecule is CC1(C)C[C@H]2C[C@@](C)(CN2C(=O)COC(=O)c2cncc(Br)c2)C1. The Labute approximate surface area is 150 Å². The fourth-order valence-corrected chi connectivity index (χ4v) is 4.93. The van der Waals surface area contributed by atoms with Crippen LogP contribution in [0.3, 0.4) is 0 Å². The quantitative estimate of drug-likeness (QED) is 0.736. The van der Waals surface area contributed by atoms with Crippen molar-refractivity contribution in [3.05, 3.63) is 28.5 Å². The molecule has 24 heavy (non-hydrogen) atoms. The van der Waals surface area contributed by atoms with E-state index in [-0.39, 0.29) is 29.4 Å². The molecule has 1 aliphatic heterocycles. The fraction of sp³-hybridized carbons (Fsp3) is 0.611. The Bertz CT molecular complexity index is 676. The highest BCUT2D eigenvalue weighted by atomic mass is 79.9. The lowest BCUT2D eigenvalue weighted by atomic mass is 9.65. The third-order valence-electron chi connectivity index (χ3n) is 5.00. The van der Waals surface area contributed by atoms with Crippen LogP contribution in [0.1, 0.15) is 50.4 Å². The molecule has 1 aliphatic carbocycles. The molecule has 0 radical (unpaired) electrons. The molecule has 1 aromatic rings. The minimum absolute atomic E-state index is 0.0993. The molecule has 0 unspecified atom stereocenters. The van der Waals surface area contributed by atoms with Gasteiger partial charge in [0.05, 0.1) is 5.56 Å². The number of esters is 1. The second kappa shape index (κ2) is 6.14. The van der Waals surface area contributed by atoms with Crippen LogP contribution in [0.15, 0.2) is 22.9 Å². The van der Waals surface area contributed by atoms with Gasteiger partial charge in [-0.1, -0.05) is 20.8 Å². The van der Waals surface area contributed by atoms with Gasteiger partial charge in [-0.15, -0.1) is 0 Å². The van der Waals surface area contributed by atoms with E-state index in [1.807, 2.05) is 4.90 Å². The van der Waals surface area contributed by atoms with Crippen molar-refractivity contribution in [3.63, 3.8) is 0 Å². The first kappa shape index (κ1) is 17.4. The lowest BCUT2D eigenvalue weighted by Crippen LogP contribution is -2.39. The average Bonchev–Trinajstić information content (AvgIpc) is 2.73. The molecule has 1 aromatic heterocycles. The zero-order chi connectivity index (χ0) is 17.5. The zero-order valence-electron chi connectivity index (χ0n) is 14.3. The number of hydrogen-bond acceptors (Lipinski definition) is 4. The first-order chi connectivity index (χ1) is 11.2. The molecule has 2 heterocycles. The second-order valence-corrected chi connectivity index (χ2v) is 9.12. The van der Waals surface area contributed by atoms with Crippen LogP contribution in [0.5, 0.6) is 0 Å². The highest BCUT2D eigenvalue weighted by molar-refractivity contribution is 9.10. The maximum atomic E-state index is 12.6. The minimum atomic E-state index is -0.522. The van der Waals surface area contributed by atoms with Gasteiger partial charge in [0, 0.05) is 29.5 Å². The molecule has 1 saturated heterocycles. The molecule has 1 saturated carbocycles. The van der Waals surface area contributed by atoms with Crippen molar-refractivity contribution in [2.24, 2.45) is 10.8 Å². The minimum Gasteiger partial charge on any atom is -0.452 e. The third kappa shape index (κ3) is 3.63. The number of rotatable bonds is 3. The smallest absolute Gasteiger partial charge is 0.340 e. The Morgan fingerprint density at radius 2 is 2.08 bits per heavy atom. The number of ether oxygens (including phenoxy) is 1. The number of carbonyl (C=O) groups is 2. The largest absolute Gasteiger partial charge is 0.452 e. The molecule has 1 amide bonds. The Kier molecular flexibility index (Phi) is 4.45. The number of hydrogen-bond donors (Lipinski definition) is 0. The number of likely N-dealkylation sites (tertiary alicyclic amines) is 1. The summed E-state index contributed by atoms with van der Waals surface area (Å²) in [5, 5.41) is 0. The number of amides is 1. The van der Waals surface area contributed by atoms with Gasteiger partial charge in [-0.3, -0.25) is 9.78 Å². The van der Waals surface area contributed by atoms with Crippen molar-refractivity contribution in [1.82, 2.24) is 9.88 Å². The van der Waals surface area contributed by atoms with E-state index in [0.717, 1.165) is 25.8 Å². The summed E-state index contributed by atoms with van der Waals surface area (Å²) in [7, 11) is 0. The maximum absolute atomic E-state index is 12.6. The topological polar surface area (TPSA) is 59.5 Å². The van der Waals surface area contributed by atoms with E-state index in [9.17, 15) is 9.59 Å². The molecule has 2 bridgehead atoms. The predicted octanol–water partition coefficient (Wildman–Crippen LogP) is 3.43. The van der Waals surface area contributed by atoms with Gasteiger partial charge < -0.3 is 9.64 Å². The third-order valence-corrected chi connectivity index (χ3v) is 5.44. The van der Waals surface area contributed by atoms with E-state index in [1.165, 1.54) is 6.20 Å². The summed E-state index contributed by atoms with van der Waals surface area (Å²) in [6.07, 6.45) is 6.21. The van der Waals surface area contributed by atoms with Crippen molar-refractivity contribution in [2.45, 2.75) is 46.1 Å². The van der Waals surface area contributed by atoms with Crippen molar-refractivity contribution >= 4 is 27.8 Å². The van der Waals surface area contributed by atoms with Gasteiger partial charge >= 0.3 is 5.97 Å². The lowest BCUT2D eigenvalue weighted by Gasteiger charge is -2.39. The molecule has 5 nitrogen and oxygen atoms in total. The van der Waals surface area contributed by atoms with Crippen LogP contribution in [0.25, 0.3) is 0 Å². The number of aromatic nitrogens is 1. The van der Waals surface area contributed by atoms with E-state index in [2.05, 4.69) is 41.7 Å². The van der Waals surface area contributed by atoms with Gasteiger partial charge in [0.15, 0.2) is 6.61 Å². The molecule has 2 aliphatic rings. The number of carbonyl (C=O) groups excluding carboxylic acids is 2. The number of halogens is 1.